The molecule has 15 heavy (non-hydrogen) atoms. The van der Waals surface area contributed by atoms with E-state index in [1.54, 1.807) is 11.3 Å². The van der Waals surface area contributed by atoms with Crippen LogP contribution in [0.2, 0.25) is 0 Å². The zero-order valence-corrected chi connectivity index (χ0v) is 9.35. The summed E-state index contributed by atoms with van der Waals surface area (Å²) in [6.07, 6.45) is 2.55. The number of thiazole rings is 1. The predicted octanol–water partition coefficient (Wildman–Crippen LogP) is 0.638. The van der Waals surface area contributed by atoms with E-state index in [0.717, 1.165) is 36.6 Å². The quantitative estimate of drug-likeness (QED) is 0.793. The van der Waals surface area contributed by atoms with E-state index >= 15 is 0 Å². The number of nitrogens with one attached hydrogen (secondary N) is 1. The lowest BCUT2D eigenvalue weighted by molar-refractivity contribution is -0.117. The fourth-order valence-electron chi connectivity index (χ4n) is 1.84. The lowest BCUT2D eigenvalue weighted by Gasteiger charge is -2.20. The average Bonchev–Trinajstić information content (AvgIpc) is 2.67. The molecule has 82 valence electrons. The zero-order chi connectivity index (χ0) is 10.7. The van der Waals surface area contributed by atoms with E-state index in [-0.39, 0.29) is 12.3 Å². The molecule has 0 spiro atoms. The van der Waals surface area contributed by atoms with Crippen molar-refractivity contribution in [2.24, 2.45) is 5.73 Å². The summed E-state index contributed by atoms with van der Waals surface area (Å²) in [5.41, 5.74) is 5.95. The summed E-state index contributed by atoms with van der Waals surface area (Å²) < 4.78 is 0. The molecule has 2 rings (SSSR count). The first-order chi connectivity index (χ1) is 7.25. The molecule has 0 aromatic carbocycles. The minimum atomic E-state index is -0.308. The Balaban J connectivity index is 2.02. The van der Waals surface area contributed by atoms with Crippen molar-refractivity contribution in [3.05, 3.63) is 16.1 Å². The molecule has 2 heterocycles. The smallest absolute Gasteiger partial charge is 0.223 e. The normalized spacial score (nSPS) is 17.9. The highest BCUT2D eigenvalue weighted by Crippen LogP contribution is 2.27. The van der Waals surface area contributed by atoms with Gasteiger partial charge in [-0.2, -0.15) is 0 Å². The van der Waals surface area contributed by atoms with Crippen molar-refractivity contribution in [2.45, 2.75) is 25.2 Å². The number of piperidine rings is 1. The minimum absolute atomic E-state index is 0.265. The molecule has 0 bridgehead atoms. The third kappa shape index (κ3) is 2.76. The third-order valence-corrected chi connectivity index (χ3v) is 3.67. The maximum Gasteiger partial charge on any atom is 0.223 e. The average molecular weight is 225 g/mol. The predicted molar refractivity (Wildman–Crippen MR) is 59.9 cm³/mol. The van der Waals surface area contributed by atoms with E-state index in [1.807, 2.05) is 5.38 Å². The molecule has 0 radical (unpaired) electrons. The zero-order valence-electron chi connectivity index (χ0n) is 8.53. The molecular weight excluding hydrogens is 210 g/mol. The van der Waals surface area contributed by atoms with Crippen LogP contribution in [0.25, 0.3) is 0 Å². The van der Waals surface area contributed by atoms with Crippen molar-refractivity contribution in [3.63, 3.8) is 0 Å². The summed E-state index contributed by atoms with van der Waals surface area (Å²) in [6.45, 7) is 2.13. The first-order valence-corrected chi connectivity index (χ1v) is 6.07. The van der Waals surface area contributed by atoms with E-state index in [2.05, 4.69) is 10.3 Å². The van der Waals surface area contributed by atoms with Gasteiger partial charge in [0.1, 0.15) is 0 Å². The fraction of sp³-hybridized carbons (Fsp3) is 0.600. The number of carbonyl (C=O) groups excluding carboxylic acids is 1. The van der Waals surface area contributed by atoms with Crippen LogP contribution >= 0.6 is 11.3 Å². The molecule has 0 atom stereocenters. The highest BCUT2D eigenvalue weighted by atomic mass is 32.1. The number of nitrogens with zero attached hydrogens (tertiary/aromatic N) is 1. The Hall–Kier alpha value is -0.940. The maximum atomic E-state index is 10.7. The Morgan fingerprint density at radius 3 is 3.00 bits per heavy atom. The number of aromatic nitrogens is 1. The van der Waals surface area contributed by atoms with Gasteiger partial charge in [0.05, 0.1) is 17.1 Å². The first-order valence-electron chi connectivity index (χ1n) is 5.19. The summed E-state index contributed by atoms with van der Waals surface area (Å²) in [6, 6.07) is 0. The highest BCUT2D eigenvalue weighted by Gasteiger charge is 2.18. The fourth-order valence-corrected chi connectivity index (χ4v) is 2.83. The topological polar surface area (TPSA) is 68.0 Å². The lowest BCUT2D eigenvalue weighted by atomic mass is 9.99. The summed E-state index contributed by atoms with van der Waals surface area (Å²) in [5, 5.41) is 6.43. The van der Waals surface area contributed by atoms with Gasteiger partial charge in [0.15, 0.2) is 0 Å². The number of amides is 1. The summed E-state index contributed by atoms with van der Waals surface area (Å²) in [4.78, 5) is 15.2. The van der Waals surface area contributed by atoms with Crippen molar-refractivity contribution in [1.29, 1.82) is 0 Å². The SMILES string of the molecule is NC(=O)Cc1csc(C2CCNCC2)n1. The van der Waals surface area contributed by atoms with Crippen LogP contribution in [-0.4, -0.2) is 24.0 Å². The third-order valence-electron chi connectivity index (χ3n) is 2.61. The second kappa shape index (κ2) is 4.72. The van der Waals surface area contributed by atoms with Gasteiger partial charge in [-0.25, -0.2) is 4.98 Å². The number of nitrogens with two attached hydrogens (primary N) is 1. The van der Waals surface area contributed by atoms with Crippen LogP contribution in [0.1, 0.15) is 29.5 Å². The van der Waals surface area contributed by atoms with Crippen molar-refractivity contribution in [3.8, 4) is 0 Å². The van der Waals surface area contributed by atoms with E-state index < -0.39 is 0 Å². The molecular formula is C10H15N3OS. The van der Waals surface area contributed by atoms with Gasteiger partial charge in [-0.05, 0) is 25.9 Å². The minimum Gasteiger partial charge on any atom is -0.369 e. The molecule has 1 aliphatic rings. The largest absolute Gasteiger partial charge is 0.369 e. The van der Waals surface area contributed by atoms with Crippen molar-refractivity contribution >= 4 is 17.2 Å². The summed E-state index contributed by atoms with van der Waals surface area (Å²) >= 11 is 1.65. The van der Waals surface area contributed by atoms with Crippen LogP contribution in [0.15, 0.2) is 5.38 Å². The summed E-state index contributed by atoms with van der Waals surface area (Å²) in [5.74, 6) is 0.259. The van der Waals surface area contributed by atoms with Crippen molar-refractivity contribution in [2.75, 3.05) is 13.1 Å². The Morgan fingerprint density at radius 1 is 1.60 bits per heavy atom. The molecule has 0 unspecified atom stereocenters. The van der Waals surface area contributed by atoms with E-state index in [9.17, 15) is 4.79 Å². The molecule has 1 amide bonds. The van der Waals surface area contributed by atoms with Gasteiger partial charge in [-0.3, -0.25) is 4.79 Å². The van der Waals surface area contributed by atoms with Crippen LogP contribution < -0.4 is 11.1 Å². The molecule has 0 saturated carbocycles. The van der Waals surface area contributed by atoms with E-state index in [4.69, 9.17) is 5.73 Å². The first kappa shape index (κ1) is 10.6. The molecule has 1 aromatic rings. The van der Waals surface area contributed by atoms with Gasteiger partial charge in [0.25, 0.3) is 0 Å². The highest BCUT2D eigenvalue weighted by molar-refractivity contribution is 7.09. The van der Waals surface area contributed by atoms with Gasteiger partial charge in [-0.15, -0.1) is 11.3 Å². The van der Waals surface area contributed by atoms with Crippen LogP contribution in [-0.2, 0) is 11.2 Å². The Labute approximate surface area is 92.9 Å². The number of hydrogen-bond donors (Lipinski definition) is 2. The monoisotopic (exact) mass is 225 g/mol. The molecule has 1 fully saturated rings. The van der Waals surface area contributed by atoms with Gasteiger partial charge < -0.3 is 11.1 Å². The molecule has 5 heteroatoms. The van der Waals surface area contributed by atoms with Crippen molar-refractivity contribution < 1.29 is 4.79 Å². The van der Waals surface area contributed by atoms with Gasteiger partial charge in [0.2, 0.25) is 5.91 Å². The second-order valence-corrected chi connectivity index (χ2v) is 4.73. The molecule has 1 aliphatic heterocycles. The van der Waals surface area contributed by atoms with Crippen LogP contribution in [0.5, 0.6) is 0 Å². The standard InChI is InChI=1S/C10H15N3OS/c11-9(14)5-8-6-15-10(13-8)7-1-3-12-4-2-7/h6-7,12H,1-5H2,(H2,11,14). The number of primary amides is 1. The van der Waals surface area contributed by atoms with Crippen molar-refractivity contribution in [1.82, 2.24) is 10.3 Å². The van der Waals surface area contributed by atoms with Crippen LogP contribution in [0.4, 0.5) is 0 Å². The van der Waals surface area contributed by atoms with Gasteiger partial charge in [-0.1, -0.05) is 0 Å². The maximum absolute atomic E-state index is 10.7. The van der Waals surface area contributed by atoms with Crippen LogP contribution in [0, 0.1) is 0 Å². The number of carbonyl (C=O) groups is 1. The van der Waals surface area contributed by atoms with E-state index in [0.29, 0.717) is 5.92 Å². The Bertz CT molecular complexity index is 344. The molecule has 1 saturated heterocycles. The van der Waals surface area contributed by atoms with Crippen LogP contribution in [0.3, 0.4) is 0 Å². The Morgan fingerprint density at radius 2 is 2.33 bits per heavy atom. The van der Waals surface area contributed by atoms with E-state index in [1.165, 1.54) is 0 Å². The molecule has 4 nitrogen and oxygen atoms in total. The number of rotatable bonds is 3. The lowest BCUT2D eigenvalue weighted by Crippen LogP contribution is -2.26. The second-order valence-electron chi connectivity index (χ2n) is 3.84. The molecule has 1 aromatic heterocycles. The molecule has 0 aliphatic carbocycles. The van der Waals surface area contributed by atoms with Gasteiger partial charge >= 0.3 is 0 Å². The summed E-state index contributed by atoms with van der Waals surface area (Å²) in [7, 11) is 0. The van der Waals surface area contributed by atoms with Gasteiger partial charge in [0, 0.05) is 11.3 Å². The molecule has 3 N–H and O–H groups in total. The number of hydrogen-bond acceptors (Lipinski definition) is 4. The Kier molecular flexibility index (Phi) is 3.33.